The number of hydrogen-bond donors (Lipinski definition) is 2. The summed E-state index contributed by atoms with van der Waals surface area (Å²) < 4.78 is 13.1. The number of nitrogens with zero attached hydrogens (tertiary/aromatic N) is 1. The highest BCUT2D eigenvalue weighted by Gasteiger charge is 2.21. The van der Waals surface area contributed by atoms with Crippen LogP contribution >= 0.6 is 12.4 Å². The SMILES string of the molecule is Cl.O=C(NCCC1CCNC1)c1cc(F)ccc1[N+](=O)[O-]. The lowest BCUT2D eigenvalue weighted by atomic mass is 10.1. The van der Waals surface area contributed by atoms with E-state index in [1.54, 1.807) is 0 Å². The minimum absolute atomic E-state index is 0. The highest BCUT2D eigenvalue weighted by Crippen LogP contribution is 2.19. The molecule has 0 spiro atoms. The Hall–Kier alpha value is -1.73. The number of hydrogen-bond acceptors (Lipinski definition) is 4. The van der Waals surface area contributed by atoms with Crippen LogP contribution in [0.4, 0.5) is 10.1 Å². The number of carbonyl (C=O) groups is 1. The van der Waals surface area contributed by atoms with E-state index in [2.05, 4.69) is 10.6 Å². The third-order valence-electron chi connectivity index (χ3n) is 3.40. The summed E-state index contributed by atoms with van der Waals surface area (Å²) in [7, 11) is 0. The van der Waals surface area contributed by atoms with Gasteiger partial charge in [0.2, 0.25) is 0 Å². The molecule has 0 aliphatic carbocycles. The second-order valence-corrected chi connectivity index (χ2v) is 4.82. The maximum Gasteiger partial charge on any atom is 0.282 e. The minimum Gasteiger partial charge on any atom is -0.352 e. The van der Waals surface area contributed by atoms with Crippen LogP contribution in [-0.2, 0) is 0 Å². The molecule has 1 atom stereocenters. The van der Waals surface area contributed by atoms with Crippen LogP contribution in [0.15, 0.2) is 18.2 Å². The van der Waals surface area contributed by atoms with Crippen molar-refractivity contribution in [2.24, 2.45) is 5.92 Å². The summed E-state index contributed by atoms with van der Waals surface area (Å²) in [6, 6.07) is 2.87. The van der Waals surface area contributed by atoms with Gasteiger partial charge < -0.3 is 10.6 Å². The monoisotopic (exact) mass is 317 g/mol. The molecular weight excluding hydrogens is 301 g/mol. The number of nitro groups is 1. The molecule has 1 saturated heterocycles. The molecule has 2 rings (SSSR count). The van der Waals surface area contributed by atoms with Gasteiger partial charge in [0, 0.05) is 12.6 Å². The molecule has 0 saturated carbocycles. The van der Waals surface area contributed by atoms with Gasteiger partial charge in [-0.25, -0.2) is 4.39 Å². The highest BCUT2D eigenvalue weighted by molar-refractivity contribution is 5.98. The molecule has 21 heavy (non-hydrogen) atoms. The Morgan fingerprint density at radius 2 is 2.29 bits per heavy atom. The van der Waals surface area contributed by atoms with E-state index in [-0.39, 0.29) is 23.7 Å². The largest absolute Gasteiger partial charge is 0.352 e. The number of nitro benzene ring substituents is 1. The molecule has 0 radical (unpaired) electrons. The lowest BCUT2D eigenvalue weighted by Gasteiger charge is -2.09. The second-order valence-electron chi connectivity index (χ2n) is 4.82. The van der Waals surface area contributed by atoms with Crippen molar-refractivity contribution in [2.75, 3.05) is 19.6 Å². The van der Waals surface area contributed by atoms with Crippen LogP contribution in [0.5, 0.6) is 0 Å². The predicted molar refractivity (Wildman–Crippen MR) is 78.2 cm³/mol. The first-order valence-electron chi connectivity index (χ1n) is 6.51. The van der Waals surface area contributed by atoms with Gasteiger partial charge in [-0.1, -0.05) is 0 Å². The maximum atomic E-state index is 13.1. The van der Waals surface area contributed by atoms with E-state index in [0.29, 0.717) is 12.5 Å². The molecule has 1 aromatic rings. The summed E-state index contributed by atoms with van der Waals surface area (Å²) in [4.78, 5) is 22.0. The molecule has 0 bridgehead atoms. The average molecular weight is 318 g/mol. The molecule has 6 nitrogen and oxygen atoms in total. The van der Waals surface area contributed by atoms with E-state index in [4.69, 9.17) is 0 Å². The minimum atomic E-state index is -0.685. The van der Waals surface area contributed by atoms with Crippen LogP contribution < -0.4 is 10.6 Å². The fourth-order valence-electron chi connectivity index (χ4n) is 2.30. The summed E-state index contributed by atoms with van der Waals surface area (Å²) in [5.74, 6) is -0.763. The number of carbonyl (C=O) groups excluding carboxylic acids is 1. The topological polar surface area (TPSA) is 84.3 Å². The molecule has 116 valence electrons. The summed E-state index contributed by atoms with van der Waals surface area (Å²) >= 11 is 0. The van der Waals surface area contributed by atoms with Gasteiger partial charge in [0.05, 0.1) is 4.92 Å². The maximum absolute atomic E-state index is 13.1. The molecular formula is C13H17ClFN3O3. The Morgan fingerprint density at radius 1 is 1.52 bits per heavy atom. The van der Waals surface area contributed by atoms with Crippen molar-refractivity contribution in [1.29, 1.82) is 0 Å². The first-order valence-corrected chi connectivity index (χ1v) is 6.51. The van der Waals surface area contributed by atoms with Crippen LogP contribution in [0, 0.1) is 21.8 Å². The van der Waals surface area contributed by atoms with Crippen molar-refractivity contribution in [3.8, 4) is 0 Å². The van der Waals surface area contributed by atoms with Gasteiger partial charge in [0.25, 0.3) is 11.6 Å². The van der Waals surface area contributed by atoms with E-state index < -0.39 is 16.6 Å². The van der Waals surface area contributed by atoms with Gasteiger partial charge in [-0.3, -0.25) is 14.9 Å². The number of amides is 1. The molecule has 8 heteroatoms. The zero-order valence-corrected chi connectivity index (χ0v) is 12.1. The van der Waals surface area contributed by atoms with Crippen LogP contribution in [0.2, 0.25) is 0 Å². The highest BCUT2D eigenvalue weighted by atomic mass is 35.5. The third-order valence-corrected chi connectivity index (χ3v) is 3.40. The van der Waals surface area contributed by atoms with Gasteiger partial charge in [-0.2, -0.15) is 0 Å². The first kappa shape index (κ1) is 17.3. The van der Waals surface area contributed by atoms with Crippen LogP contribution in [0.1, 0.15) is 23.2 Å². The Balaban J connectivity index is 0.00000220. The number of benzene rings is 1. The number of rotatable bonds is 5. The summed E-state index contributed by atoms with van der Waals surface area (Å²) in [6.07, 6.45) is 1.87. The molecule has 1 fully saturated rings. The van der Waals surface area contributed by atoms with Gasteiger partial charge in [-0.15, -0.1) is 12.4 Å². The van der Waals surface area contributed by atoms with Crippen molar-refractivity contribution < 1.29 is 14.1 Å². The summed E-state index contributed by atoms with van der Waals surface area (Å²) in [5, 5.41) is 16.6. The van der Waals surface area contributed by atoms with Crippen molar-refractivity contribution in [3.63, 3.8) is 0 Å². The fraction of sp³-hybridized carbons (Fsp3) is 0.462. The van der Waals surface area contributed by atoms with E-state index >= 15 is 0 Å². The normalized spacial score (nSPS) is 17.1. The standard InChI is InChI=1S/C13H16FN3O3.ClH/c14-10-1-2-12(17(19)20)11(7-10)13(18)16-6-4-9-3-5-15-8-9;/h1-2,7,9,15H,3-6,8H2,(H,16,18);1H. The number of nitrogens with one attached hydrogen (secondary N) is 2. The van der Waals surface area contributed by atoms with Crippen LogP contribution in [0.3, 0.4) is 0 Å². The van der Waals surface area contributed by atoms with Crippen molar-refractivity contribution in [1.82, 2.24) is 10.6 Å². The predicted octanol–water partition coefficient (Wildman–Crippen LogP) is 1.89. The number of halogens is 2. The van der Waals surface area contributed by atoms with E-state index in [0.717, 1.165) is 44.1 Å². The summed E-state index contributed by atoms with van der Waals surface area (Å²) in [6.45, 7) is 2.34. The molecule has 2 N–H and O–H groups in total. The fourth-order valence-corrected chi connectivity index (χ4v) is 2.30. The second kappa shape index (κ2) is 7.90. The Labute approximate surface area is 127 Å². The zero-order chi connectivity index (χ0) is 14.5. The molecule has 1 heterocycles. The third kappa shape index (κ3) is 4.64. The molecule has 0 aromatic heterocycles. The van der Waals surface area contributed by atoms with Gasteiger partial charge >= 0.3 is 0 Å². The lowest BCUT2D eigenvalue weighted by Crippen LogP contribution is -2.27. The van der Waals surface area contributed by atoms with Crippen molar-refractivity contribution in [2.45, 2.75) is 12.8 Å². The smallest absolute Gasteiger partial charge is 0.282 e. The summed E-state index contributed by atoms with van der Waals surface area (Å²) in [5.41, 5.74) is -0.619. The van der Waals surface area contributed by atoms with E-state index in [1.807, 2.05) is 0 Å². The quantitative estimate of drug-likeness (QED) is 0.641. The Morgan fingerprint density at radius 3 is 2.90 bits per heavy atom. The molecule has 1 unspecified atom stereocenters. The Bertz CT molecular complexity index is 521. The first-order chi connectivity index (χ1) is 9.58. The van der Waals surface area contributed by atoms with E-state index in [9.17, 15) is 19.3 Å². The van der Waals surface area contributed by atoms with E-state index in [1.165, 1.54) is 0 Å². The van der Waals surface area contributed by atoms with Crippen molar-refractivity contribution in [3.05, 3.63) is 39.7 Å². The van der Waals surface area contributed by atoms with Gasteiger partial charge in [0.1, 0.15) is 11.4 Å². The average Bonchev–Trinajstić information content (AvgIpc) is 2.91. The van der Waals surface area contributed by atoms with Crippen molar-refractivity contribution >= 4 is 24.0 Å². The molecule has 1 aliphatic heterocycles. The molecule has 1 aliphatic rings. The zero-order valence-electron chi connectivity index (χ0n) is 11.3. The Kier molecular flexibility index (Phi) is 6.51. The van der Waals surface area contributed by atoms with Gasteiger partial charge in [-0.05, 0) is 44.0 Å². The van der Waals surface area contributed by atoms with Crippen LogP contribution in [0.25, 0.3) is 0 Å². The molecule has 1 amide bonds. The van der Waals surface area contributed by atoms with Crippen LogP contribution in [-0.4, -0.2) is 30.5 Å². The lowest BCUT2D eigenvalue weighted by molar-refractivity contribution is -0.385. The molecule has 1 aromatic carbocycles. The van der Waals surface area contributed by atoms with Gasteiger partial charge in [0.15, 0.2) is 0 Å².